The Labute approximate surface area is 205 Å². The van der Waals surface area contributed by atoms with Crippen LogP contribution in [0.4, 0.5) is 0 Å². The number of nitrogens with one attached hydrogen (secondary N) is 1. The normalized spacial score (nSPS) is 11.6. The molecule has 1 aromatic heterocycles. The number of hydrazone groups is 1. The average molecular weight is 478 g/mol. The Morgan fingerprint density at radius 3 is 2.59 bits per heavy atom. The van der Waals surface area contributed by atoms with Crippen LogP contribution >= 0.6 is 11.8 Å². The maximum absolute atomic E-state index is 12.3. The van der Waals surface area contributed by atoms with Crippen molar-refractivity contribution >= 4 is 23.9 Å². The van der Waals surface area contributed by atoms with E-state index in [1.54, 1.807) is 12.1 Å². The Kier molecular flexibility index (Phi) is 8.28. The molecule has 2 aromatic carbocycles. The number of phenolic OH excluding ortho intramolecular Hbond substituents is 1. The molecule has 0 spiro atoms. The Balaban J connectivity index is 1.62. The van der Waals surface area contributed by atoms with Crippen LogP contribution in [0, 0.1) is 0 Å². The van der Waals surface area contributed by atoms with E-state index < -0.39 is 0 Å². The molecule has 0 bridgehead atoms. The van der Waals surface area contributed by atoms with Crippen LogP contribution in [0.15, 0.2) is 65.4 Å². The number of amides is 1. The first-order valence-corrected chi connectivity index (χ1v) is 12.1. The van der Waals surface area contributed by atoms with Crippen molar-refractivity contribution in [2.75, 3.05) is 5.75 Å². The lowest BCUT2D eigenvalue weighted by Gasteiger charge is -2.19. The molecule has 0 aliphatic rings. The largest absolute Gasteiger partial charge is 0.507 e. The summed E-state index contributed by atoms with van der Waals surface area (Å²) in [7, 11) is 0. The highest BCUT2D eigenvalue weighted by Gasteiger charge is 2.17. The topological polar surface area (TPSA) is 92.4 Å². The lowest BCUT2D eigenvalue weighted by molar-refractivity contribution is -0.118. The van der Waals surface area contributed by atoms with Crippen molar-refractivity contribution in [1.82, 2.24) is 20.2 Å². The third-order valence-electron chi connectivity index (χ3n) is 5.28. The quantitative estimate of drug-likeness (QED) is 0.197. The second-order valence-corrected chi connectivity index (χ2v) is 9.75. The van der Waals surface area contributed by atoms with Crippen LogP contribution in [0.1, 0.15) is 44.4 Å². The van der Waals surface area contributed by atoms with Gasteiger partial charge in [-0.25, -0.2) is 5.43 Å². The molecule has 3 aromatic rings. The predicted molar refractivity (Wildman–Crippen MR) is 138 cm³/mol. The van der Waals surface area contributed by atoms with Crippen LogP contribution in [-0.2, 0) is 23.2 Å². The van der Waals surface area contributed by atoms with Crippen LogP contribution in [0.2, 0.25) is 0 Å². The lowest BCUT2D eigenvalue weighted by Crippen LogP contribution is -2.20. The van der Waals surface area contributed by atoms with Gasteiger partial charge in [-0.2, -0.15) is 5.10 Å². The Bertz CT molecular complexity index is 1180. The number of carbonyl (C=O) groups excluding carboxylic acids is 1. The van der Waals surface area contributed by atoms with E-state index >= 15 is 0 Å². The fraction of sp³-hybridized carbons (Fsp3) is 0.308. The summed E-state index contributed by atoms with van der Waals surface area (Å²) in [5.74, 6) is 0.776. The van der Waals surface area contributed by atoms with Gasteiger partial charge in [0.15, 0.2) is 11.0 Å². The maximum Gasteiger partial charge on any atom is 0.250 e. The van der Waals surface area contributed by atoms with Gasteiger partial charge >= 0.3 is 0 Å². The van der Waals surface area contributed by atoms with E-state index in [0.717, 1.165) is 17.0 Å². The highest BCUT2D eigenvalue weighted by atomic mass is 32.2. The molecular formula is C26H31N5O2S. The molecule has 1 heterocycles. The number of thioether (sulfide) groups is 1. The van der Waals surface area contributed by atoms with E-state index in [9.17, 15) is 9.90 Å². The molecule has 34 heavy (non-hydrogen) atoms. The van der Waals surface area contributed by atoms with Gasteiger partial charge in [0.05, 0.1) is 12.0 Å². The summed E-state index contributed by atoms with van der Waals surface area (Å²) in [6, 6.07) is 13.7. The first-order valence-electron chi connectivity index (χ1n) is 11.1. The Morgan fingerprint density at radius 2 is 1.94 bits per heavy atom. The van der Waals surface area contributed by atoms with Crippen molar-refractivity contribution < 1.29 is 9.90 Å². The fourth-order valence-electron chi connectivity index (χ4n) is 3.39. The highest BCUT2D eigenvalue weighted by Crippen LogP contribution is 2.27. The molecule has 0 saturated carbocycles. The number of rotatable bonds is 9. The second-order valence-electron chi connectivity index (χ2n) is 8.81. The third kappa shape index (κ3) is 6.14. The zero-order chi connectivity index (χ0) is 24.7. The van der Waals surface area contributed by atoms with Gasteiger partial charge in [-0.05, 0) is 36.0 Å². The Hall–Kier alpha value is -3.39. The summed E-state index contributed by atoms with van der Waals surface area (Å²) in [5, 5.41) is 23.6. The molecule has 0 aliphatic carbocycles. The molecule has 0 aliphatic heterocycles. The molecule has 3 rings (SSSR count). The minimum absolute atomic E-state index is 0.0843. The third-order valence-corrected chi connectivity index (χ3v) is 6.25. The molecule has 0 unspecified atom stereocenters. The lowest BCUT2D eigenvalue weighted by atomic mass is 9.87. The van der Waals surface area contributed by atoms with Crippen molar-refractivity contribution in [3.8, 4) is 17.1 Å². The monoisotopic (exact) mass is 477 g/mol. The molecular weight excluding hydrogens is 446 g/mol. The van der Waals surface area contributed by atoms with E-state index in [1.807, 2.05) is 23.6 Å². The van der Waals surface area contributed by atoms with Crippen molar-refractivity contribution in [2.45, 2.75) is 51.2 Å². The molecule has 1 amide bonds. The van der Waals surface area contributed by atoms with Crippen LogP contribution in [0.5, 0.6) is 5.75 Å². The predicted octanol–water partition coefficient (Wildman–Crippen LogP) is 4.94. The van der Waals surface area contributed by atoms with E-state index in [0.29, 0.717) is 23.7 Å². The molecule has 0 atom stereocenters. The first-order chi connectivity index (χ1) is 16.2. The number of allylic oxidation sites excluding steroid dienone is 1. The summed E-state index contributed by atoms with van der Waals surface area (Å²) in [5.41, 5.74) is 6.11. The summed E-state index contributed by atoms with van der Waals surface area (Å²) < 4.78 is 2.00. The van der Waals surface area contributed by atoms with E-state index in [4.69, 9.17) is 0 Å². The SMILES string of the molecule is C=CCc1cccc(/C=N\NC(=O)CSc2nnc(-c3ccc(C(C)(C)C)cc3)n2CC)c1O. The molecule has 7 nitrogen and oxygen atoms in total. The average Bonchev–Trinajstić information content (AvgIpc) is 3.22. The van der Waals surface area contributed by atoms with Gasteiger partial charge in [0.2, 0.25) is 0 Å². The Morgan fingerprint density at radius 1 is 1.21 bits per heavy atom. The zero-order valence-electron chi connectivity index (χ0n) is 20.1. The van der Waals surface area contributed by atoms with Gasteiger partial charge < -0.3 is 9.67 Å². The molecule has 8 heteroatoms. The zero-order valence-corrected chi connectivity index (χ0v) is 20.9. The summed E-state index contributed by atoms with van der Waals surface area (Å²) in [6.45, 7) is 12.9. The van der Waals surface area contributed by atoms with Crippen LogP contribution in [-0.4, -0.2) is 37.7 Å². The molecule has 0 radical (unpaired) electrons. The number of benzene rings is 2. The summed E-state index contributed by atoms with van der Waals surface area (Å²) >= 11 is 1.30. The van der Waals surface area contributed by atoms with Crippen molar-refractivity contribution in [2.24, 2.45) is 5.10 Å². The van der Waals surface area contributed by atoms with E-state index in [-0.39, 0.29) is 22.8 Å². The summed E-state index contributed by atoms with van der Waals surface area (Å²) in [4.78, 5) is 12.3. The number of hydrogen-bond donors (Lipinski definition) is 2. The number of para-hydroxylation sites is 1. The summed E-state index contributed by atoms with van der Waals surface area (Å²) in [6.07, 6.45) is 3.70. The number of aromatic hydroxyl groups is 1. The van der Waals surface area contributed by atoms with E-state index in [2.05, 4.69) is 72.3 Å². The van der Waals surface area contributed by atoms with Crippen LogP contribution < -0.4 is 5.43 Å². The van der Waals surface area contributed by atoms with Gasteiger partial charge in [0.1, 0.15) is 5.75 Å². The van der Waals surface area contributed by atoms with Crippen LogP contribution in [0.3, 0.4) is 0 Å². The highest BCUT2D eigenvalue weighted by molar-refractivity contribution is 7.99. The van der Waals surface area contributed by atoms with Gasteiger partial charge in [-0.3, -0.25) is 4.79 Å². The van der Waals surface area contributed by atoms with Crippen LogP contribution in [0.25, 0.3) is 11.4 Å². The van der Waals surface area contributed by atoms with Crippen molar-refractivity contribution in [1.29, 1.82) is 0 Å². The van der Waals surface area contributed by atoms with E-state index in [1.165, 1.54) is 23.5 Å². The van der Waals surface area contributed by atoms with Gasteiger partial charge in [0, 0.05) is 17.7 Å². The van der Waals surface area contributed by atoms with Crippen molar-refractivity contribution in [3.63, 3.8) is 0 Å². The maximum atomic E-state index is 12.3. The number of carbonyl (C=O) groups is 1. The molecule has 2 N–H and O–H groups in total. The number of phenols is 1. The van der Waals surface area contributed by atoms with Crippen molar-refractivity contribution in [3.05, 3.63) is 71.8 Å². The number of hydrogen-bond acceptors (Lipinski definition) is 6. The minimum Gasteiger partial charge on any atom is -0.507 e. The van der Waals surface area contributed by atoms with Gasteiger partial charge in [-0.1, -0.05) is 75.0 Å². The fourth-order valence-corrected chi connectivity index (χ4v) is 4.18. The molecule has 178 valence electrons. The first kappa shape index (κ1) is 25.2. The molecule has 0 fully saturated rings. The second kappa shape index (κ2) is 11.2. The standard InChI is InChI=1S/C26H31N5O2S/c1-6-9-18-10-8-11-20(23(18)33)16-27-28-22(32)17-34-25-30-29-24(31(25)7-2)19-12-14-21(15-13-19)26(3,4)5/h6,8,10-16,33H,1,7,9,17H2,2-5H3,(H,28,32)/b27-16-. The van der Waals surface area contributed by atoms with Gasteiger partial charge in [0.25, 0.3) is 5.91 Å². The number of nitrogens with zero attached hydrogens (tertiary/aromatic N) is 4. The number of aromatic nitrogens is 3. The smallest absolute Gasteiger partial charge is 0.250 e. The molecule has 0 saturated heterocycles. The minimum atomic E-state index is -0.273. The van der Waals surface area contributed by atoms with Gasteiger partial charge in [-0.15, -0.1) is 16.8 Å².